The van der Waals surface area contributed by atoms with Crippen molar-refractivity contribution in [1.29, 1.82) is 0 Å². The standard InChI is InChI=1S/C8H8N4O.C6H12O/c1-12-6(13)3-2-5-4-10-8(9)11-7(5)12;7-6-4-2-1-3-5-6/h2-4H,1H3,(H2,9,10,11);6-7H,1-5H2. The number of anilines is 1. The lowest BCUT2D eigenvalue weighted by molar-refractivity contribution is 0.130. The lowest BCUT2D eigenvalue weighted by Gasteiger charge is -2.14. The van der Waals surface area contributed by atoms with Crippen molar-refractivity contribution in [2.24, 2.45) is 7.05 Å². The first-order chi connectivity index (χ1) is 9.58. The van der Waals surface area contributed by atoms with Gasteiger partial charge in [-0.3, -0.25) is 9.36 Å². The van der Waals surface area contributed by atoms with Gasteiger partial charge in [0.1, 0.15) is 5.65 Å². The van der Waals surface area contributed by atoms with Crippen molar-refractivity contribution < 1.29 is 5.11 Å². The summed E-state index contributed by atoms with van der Waals surface area (Å²) in [5.74, 6) is 0.175. The molecule has 2 aromatic rings. The predicted octanol–water partition coefficient (Wildman–Crippen LogP) is 1.22. The molecule has 0 radical (unpaired) electrons. The second-order valence-corrected chi connectivity index (χ2v) is 5.03. The Bertz CT molecular complexity index is 633. The molecule has 6 heteroatoms. The molecule has 3 N–H and O–H groups in total. The first-order valence-electron chi connectivity index (χ1n) is 6.84. The molecule has 0 amide bonds. The predicted molar refractivity (Wildman–Crippen MR) is 78.3 cm³/mol. The average molecular weight is 276 g/mol. The highest BCUT2D eigenvalue weighted by Crippen LogP contribution is 2.16. The third-order valence-corrected chi connectivity index (χ3v) is 3.44. The fraction of sp³-hybridized carbons (Fsp3) is 0.500. The lowest BCUT2D eigenvalue weighted by Crippen LogP contribution is -2.16. The zero-order chi connectivity index (χ0) is 14.5. The Morgan fingerprint density at radius 3 is 2.60 bits per heavy atom. The number of nitrogens with two attached hydrogens (primary N) is 1. The summed E-state index contributed by atoms with van der Waals surface area (Å²) in [5.41, 5.74) is 5.85. The van der Waals surface area contributed by atoms with Gasteiger partial charge in [0.05, 0.1) is 6.10 Å². The number of hydrogen-bond acceptors (Lipinski definition) is 5. The van der Waals surface area contributed by atoms with E-state index >= 15 is 0 Å². The van der Waals surface area contributed by atoms with E-state index in [0.29, 0.717) is 5.65 Å². The number of aromatic nitrogens is 3. The van der Waals surface area contributed by atoms with Gasteiger partial charge in [0.25, 0.3) is 5.56 Å². The van der Waals surface area contributed by atoms with Gasteiger partial charge in [-0.1, -0.05) is 19.3 Å². The average Bonchev–Trinajstić information content (AvgIpc) is 2.45. The van der Waals surface area contributed by atoms with Gasteiger partial charge in [0, 0.05) is 24.7 Å². The second kappa shape index (κ2) is 6.47. The zero-order valence-electron chi connectivity index (χ0n) is 11.6. The molecule has 108 valence electrons. The van der Waals surface area contributed by atoms with Crippen LogP contribution in [0.25, 0.3) is 11.0 Å². The molecule has 3 rings (SSSR count). The molecular weight excluding hydrogens is 256 g/mol. The Labute approximate surface area is 117 Å². The summed E-state index contributed by atoms with van der Waals surface area (Å²) >= 11 is 0. The molecule has 1 fully saturated rings. The van der Waals surface area contributed by atoms with Crippen LogP contribution in [0.2, 0.25) is 0 Å². The van der Waals surface area contributed by atoms with Crippen LogP contribution < -0.4 is 11.3 Å². The van der Waals surface area contributed by atoms with Gasteiger partial charge in [-0.2, -0.15) is 4.98 Å². The normalized spacial score (nSPS) is 15.7. The lowest BCUT2D eigenvalue weighted by atomic mass is 9.98. The van der Waals surface area contributed by atoms with E-state index in [9.17, 15) is 4.79 Å². The van der Waals surface area contributed by atoms with Crippen molar-refractivity contribution in [1.82, 2.24) is 14.5 Å². The molecule has 0 bridgehead atoms. The van der Waals surface area contributed by atoms with E-state index in [4.69, 9.17) is 10.8 Å². The minimum absolute atomic E-state index is 0.0359. The van der Waals surface area contributed by atoms with Crippen LogP contribution in [0.1, 0.15) is 32.1 Å². The quantitative estimate of drug-likeness (QED) is 0.754. The molecule has 0 aliphatic heterocycles. The molecule has 2 aromatic heterocycles. The summed E-state index contributed by atoms with van der Waals surface area (Å²) in [5, 5.41) is 9.71. The van der Waals surface area contributed by atoms with Crippen LogP contribution in [-0.4, -0.2) is 25.7 Å². The molecule has 6 nitrogen and oxygen atoms in total. The first kappa shape index (κ1) is 14.5. The van der Waals surface area contributed by atoms with E-state index in [2.05, 4.69) is 9.97 Å². The summed E-state index contributed by atoms with van der Waals surface area (Å²) in [4.78, 5) is 19.0. The molecule has 2 heterocycles. The van der Waals surface area contributed by atoms with Gasteiger partial charge in [-0.25, -0.2) is 4.98 Å². The topological polar surface area (TPSA) is 94.0 Å². The van der Waals surface area contributed by atoms with Crippen LogP contribution in [0.5, 0.6) is 0 Å². The largest absolute Gasteiger partial charge is 0.393 e. The first-order valence-corrected chi connectivity index (χ1v) is 6.84. The van der Waals surface area contributed by atoms with Gasteiger partial charge in [0.2, 0.25) is 5.95 Å². The number of rotatable bonds is 0. The number of aryl methyl sites for hydroxylation is 1. The van der Waals surface area contributed by atoms with Crippen molar-refractivity contribution >= 4 is 17.0 Å². The summed E-state index contributed by atoms with van der Waals surface area (Å²) in [6, 6.07) is 3.15. The SMILES string of the molecule is Cn1c(=O)ccc2cnc(N)nc21.OC1CCCCC1. The third-order valence-electron chi connectivity index (χ3n) is 3.44. The van der Waals surface area contributed by atoms with Crippen molar-refractivity contribution in [2.45, 2.75) is 38.2 Å². The van der Waals surface area contributed by atoms with E-state index in [0.717, 1.165) is 18.2 Å². The van der Waals surface area contributed by atoms with E-state index in [1.165, 1.54) is 29.9 Å². The zero-order valence-corrected chi connectivity index (χ0v) is 11.6. The molecule has 1 aliphatic carbocycles. The highest BCUT2D eigenvalue weighted by Gasteiger charge is 2.07. The van der Waals surface area contributed by atoms with E-state index < -0.39 is 0 Å². The van der Waals surface area contributed by atoms with Crippen LogP contribution in [0, 0.1) is 0 Å². The Hall–Kier alpha value is -1.95. The molecule has 20 heavy (non-hydrogen) atoms. The number of fused-ring (bicyclic) bond motifs is 1. The van der Waals surface area contributed by atoms with Crippen molar-refractivity contribution in [3.63, 3.8) is 0 Å². The Balaban J connectivity index is 0.000000178. The van der Waals surface area contributed by atoms with Gasteiger partial charge < -0.3 is 10.8 Å². The van der Waals surface area contributed by atoms with Crippen LogP contribution in [0.15, 0.2) is 23.1 Å². The van der Waals surface area contributed by atoms with E-state index in [1.54, 1.807) is 19.3 Å². The molecule has 1 aliphatic rings. The maximum atomic E-state index is 11.2. The molecule has 0 atom stereocenters. The van der Waals surface area contributed by atoms with Crippen molar-refractivity contribution in [3.8, 4) is 0 Å². The number of aliphatic hydroxyl groups is 1. The van der Waals surface area contributed by atoms with Crippen LogP contribution in [-0.2, 0) is 7.05 Å². The molecule has 0 saturated heterocycles. The highest BCUT2D eigenvalue weighted by molar-refractivity contribution is 5.74. The fourth-order valence-electron chi connectivity index (χ4n) is 2.24. The number of aliphatic hydroxyl groups excluding tert-OH is 1. The molecule has 0 aromatic carbocycles. The van der Waals surface area contributed by atoms with Crippen LogP contribution in [0.3, 0.4) is 0 Å². The minimum Gasteiger partial charge on any atom is -0.393 e. The third kappa shape index (κ3) is 3.54. The van der Waals surface area contributed by atoms with Gasteiger partial charge in [0.15, 0.2) is 0 Å². The second-order valence-electron chi connectivity index (χ2n) is 5.03. The van der Waals surface area contributed by atoms with Crippen LogP contribution >= 0.6 is 0 Å². The molecular formula is C14H20N4O2. The monoisotopic (exact) mass is 276 g/mol. The molecule has 1 saturated carbocycles. The number of nitrogens with zero attached hydrogens (tertiary/aromatic N) is 3. The summed E-state index contributed by atoms with van der Waals surface area (Å²) in [6.07, 6.45) is 7.52. The minimum atomic E-state index is -0.106. The maximum absolute atomic E-state index is 11.2. The number of hydrogen-bond donors (Lipinski definition) is 2. The number of pyridine rings is 1. The van der Waals surface area contributed by atoms with Crippen molar-refractivity contribution in [2.75, 3.05) is 5.73 Å². The Morgan fingerprint density at radius 2 is 2.00 bits per heavy atom. The Kier molecular flexibility index (Phi) is 4.68. The van der Waals surface area contributed by atoms with Gasteiger partial charge >= 0.3 is 0 Å². The van der Waals surface area contributed by atoms with E-state index in [1.807, 2.05) is 0 Å². The summed E-state index contributed by atoms with van der Waals surface area (Å²) in [7, 11) is 1.65. The van der Waals surface area contributed by atoms with E-state index in [-0.39, 0.29) is 17.6 Å². The van der Waals surface area contributed by atoms with Crippen LogP contribution in [0.4, 0.5) is 5.95 Å². The maximum Gasteiger partial charge on any atom is 0.251 e. The smallest absolute Gasteiger partial charge is 0.251 e. The van der Waals surface area contributed by atoms with Gasteiger partial charge in [-0.05, 0) is 18.9 Å². The fourth-order valence-corrected chi connectivity index (χ4v) is 2.24. The van der Waals surface area contributed by atoms with Crippen molar-refractivity contribution in [3.05, 3.63) is 28.7 Å². The molecule has 0 unspecified atom stereocenters. The highest BCUT2D eigenvalue weighted by atomic mass is 16.3. The summed E-state index contributed by atoms with van der Waals surface area (Å²) in [6.45, 7) is 0. The summed E-state index contributed by atoms with van der Waals surface area (Å²) < 4.78 is 1.44. The number of nitrogen functional groups attached to an aromatic ring is 1. The molecule has 0 spiro atoms. The van der Waals surface area contributed by atoms with Gasteiger partial charge in [-0.15, -0.1) is 0 Å². The Morgan fingerprint density at radius 1 is 1.30 bits per heavy atom.